The molecule has 0 N–H and O–H groups in total. The Morgan fingerprint density at radius 2 is 0.837 bits per heavy atom. The van der Waals surface area contributed by atoms with E-state index < -0.39 is 15.6 Å². The summed E-state index contributed by atoms with van der Waals surface area (Å²) in [6.45, 7) is 7.85. The molecule has 5 aromatic rings. The molecular formula is C39H44BrOPSi. The summed E-state index contributed by atoms with van der Waals surface area (Å²) in [4.78, 5) is 0. The van der Waals surface area contributed by atoms with Gasteiger partial charge in [0.2, 0.25) is 0 Å². The Kier molecular flexibility index (Phi) is 11.7. The van der Waals surface area contributed by atoms with E-state index >= 15 is 0 Å². The predicted molar refractivity (Wildman–Crippen MR) is 187 cm³/mol. The van der Waals surface area contributed by atoms with Gasteiger partial charge in [0.25, 0.3) is 8.32 Å². The van der Waals surface area contributed by atoms with E-state index in [4.69, 9.17) is 4.43 Å². The molecule has 43 heavy (non-hydrogen) atoms. The van der Waals surface area contributed by atoms with Crippen LogP contribution in [0.4, 0.5) is 0 Å². The zero-order chi connectivity index (χ0) is 29.3. The van der Waals surface area contributed by atoms with Crippen LogP contribution in [0.15, 0.2) is 152 Å². The van der Waals surface area contributed by atoms with Crippen molar-refractivity contribution in [2.24, 2.45) is 0 Å². The molecule has 0 fully saturated rings. The highest BCUT2D eigenvalue weighted by atomic mass is 79.9. The third-order valence-electron chi connectivity index (χ3n) is 8.46. The fourth-order valence-corrected chi connectivity index (χ4v) is 15.5. The normalized spacial score (nSPS) is 12.0. The Hall–Kier alpha value is -2.81. The Morgan fingerprint density at radius 1 is 0.488 bits per heavy atom. The van der Waals surface area contributed by atoms with E-state index in [0.717, 1.165) is 32.0 Å². The van der Waals surface area contributed by atoms with Crippen LogP contribution in [0.25, 0.3) is 0 Å². The van der Waals surface area contributed by atoms with Crippen LogP contribution in [-0.2, 0) is 4.43 Å². The molecule has 4 heteroatoms. The van der Waals surface area contributed by atoms with Gasteiger partial charge in [0.15, 0.2) is 0 Å². The first kappa shape index (κ1) is 33.1. The minimum Gasteiger partial charge on any atom is -1.00 e. The number of unbranched alkanes of at least 4 members (excludes halogenated alkanes) is 2. The lowest BCUT2D eigenvalue weighted by molar-refractivity contribution is -0.00000907. The average molecular weight is 668 g/mol. The number of halogens is 1. The van der Waals surface area contributed by atoms with Gasteiger partial charge in [-0.05, 0) is 71.1 Å². The van der Waals surface area contributed by atoms with Crippen LogP contribution < -0.4 is 43.3 Å². The van der Waals surface area contributed by atoms with Gasteiger partial charge in [-0.1, -0.05) is 136 Å². The van der Waals surface area contributed by atoms with Gasteiger partial charge >= 0.3 is 0 Å². The topological polar surface area (TPSA) is 9.23 Å². The minimum atomic E-state index is -2.50. The second-order valence-corrected chi connectivity index (χ2v) is 20.0. The summed E-state index contributed by atoms with van der Waals surface area (Å²) in [6.07, 6.45) is 4.52. The van der Waals surface area contributed by atoms with Gasteiger partial charge in [-0.3, -0.25) is 0 Å². The first-order valence-electron chi connectivity index (χ1n) is 15.3. The van der Waals surface area contributed by atoms with Crippen LogP contribution >= 0.6 is 7.26 Å². The molecular weight excluding hydrogens is 623 g/mol. The van der Waals surface area contributed by atoms with Gasteiger partial charge in [-0.25, -0.2) is 0 Å². The van der Waals surface area contributed by atoms with Gasteiger partial charge in [0, 0.05) is 6.61 Å². The lowest BCUT2D eigenvalue weighted by Crippen LogP contribution is -3.00. The van der Waals surface area contributed by atoms with Gasteiger partial charge in [-0.2, -0.15) is 0 Å². The number of hydrogen-bond donors (Lipinski definition) is 0. The summed E-state index contributed by atoms with van der Waals surface area (Å²) in [7, 11) is -4.29. The molecule has 5 rings (SSSR count). The summed E-state index contributed by atoms with van der Waals surface area (Å²) in [5.41, 5.74) is 0. The molecule has 5 aromatic carbocycles. The summed E-state index contributed by atoms with van der Waals surface area (Å²) in [5.74, 6) is 0. The largest absolute Gasteiger partial charge is 1.00 e. The second-order valence-electron chi connectivity index (χ2n) is 12.1. The zero-order valence-corrected chi connectivity index (χ0v) is 29.2. The van der Waals surface area contributed by atoms with E-state index in [1.807, 2.05) is 0 Å². The van der Waals surface area contributed by atoms with Crippen molar-refractivity contribution in [2.75, 3.05) is 12.8 Å². The summed E-state index contributed by atoms with van der Waals surface area (Å²) < 4.78 is 7.20. The molecule has 222 valence electrons. The van der Waals surface area contributed by atoms with Crippen molar-refractivity contribution >= 4 is 41.9 Å². The molecule has 0 amide bonds. The molecule has 0 spiro atoms. The second kappa shape index (κ2) is 15.3. The lowest BCUT2D eigenvalue weighted by Gasteiger charge is -2.43. The van der Waals surface area contributed by atoms with Crippen LogP contribution in [-0.4, -0.2) is 21.1 Å². The monoisotopic (exact) mass is 666 g/mol. The molecule has 1 nitrogen and oxygen atoms in total. The lowest BCUT2D eigenvalue weighted by atomic mass is 10.2. The Balaban J connectivity index is 0.00000423. The molecule has 0 saturated heterocycles. The van der Waals surface area contributed by atoms with Gasteiger partial charge in [-0.15, -0.1) is 0 Å². The van der Waals surface area contributed by atoms with Crippen LogP contribution in [0.1, 0.15) is 40.0 Å². The fourth-order valence-electron chi connectivity index (χ4n) is 6.50. The van der Waals surface area contributed by atoms with Crippen molar-refractivity contribution in [2.45, 2.75) is 45.1 Å². The number of rotatable bonds is 12. The maximum atomic E-state index is 7.20. The van der Waals surface area contributed by atoms with E-state index in [0.29, 0.717) is 0 Å². The van der Waals surface area contributed by atoms with Crippen molar-refractivity contribution in [1.29, 1.82) is 0 Å². The molecule has 0 aliphatic carbocycles. The molecule has 0 aliphatic rings. The molecule has 0 heterocycles. The molecule has 0 saturated carbocycles. The SMILES string of the molecule is CC(C)(C)[Si](OCCCCC[P+](c1ccccc1)(c1ccccc1)c1ccccc1)(c1ccccc1)c1ccccc1.[Br-]. The van der Waals surface area contributed by atoms with Crippen molar-refractivity contribution in [1.82, 2.24) is 0 Å². The molecule has 0 atom stereocenters. The maximum absolute atomic E-state index is 7.20. The maximum Gasteiger partial charge on any atom is 0.261 e. The quantitative estimate of drug-likeness (QED) is 0.106. The van der Waals surface area contributed by atoms with Gasteiger partial charge in [0.1, 0.15) is 23.2 Å². The summed E-state index contributed by atoms with van der Waals surface area (Å²) >= 11 is 0. The number of benzene rings is 5. The summed E-state index contributed by atoms with van der Waals surface area (Å²) in [6, 6.07) is 55.7. The van der Waals surface area contributed by atoms with Crippen LogP contribution in [0.2, 0.25) is 5.04 Å². The molecule has 0 aromatic heterocycles. The van der Waals surface area contributed by atoms with Crippen LogP contribution in [0.3, 0.4) is 0 Å². The third kappa shape index (κ3) is 7.13. The van der Waals surface area contributed by atoms with Crippen molar-refractivity contribution in [3.05, 3.63) is 152 Å². The molecule has 0 unspecified atom stereocenters. The first-order valence-corrected chi connectivity index (χ1v) is 19.2. The Labute approximate surface area is 271 Å². The van der Waals surface area contributed by atoms with Gasteiger partial charge in [0.05, 0.1) is 6.16 Å². The molecule has 0 aliphatic heterocycles. The van der Waals surface area contributed by atoms with Crippen molar-refractivity contribution in [3.63, 3.8) is 0 Å². The van der Waals surface area contributed by atoms with Gasteiger partial charge < -0.3 is 21.4 Å². The van der Waals surface area contributed by atoms with E-state index in [-0.39, 0.29) is 22.0 Å². The van der Waals surface area contributed by atoms with Crippen molar-refractivity contribution < 1.29 is 21.4 Å². The smallest absolute Gasteiger partial charge is 0.261 e. The van der Waals surface area contributed by atoms with Crippen molar-refractivity contribution in [3.8, 4) is 0 Å². The van der Waals surface area contributed by atoms with E-state index in [1.54, 1.807) is 0 Å². The highest BCUT2D eigenvalue weighted by Gasteiger charge is 2.50. The average Bonchev–Trinajstić information content (AvgIpc) is 3.04. The molecule has 0 radical (unpaired) electrons. The predicted octanol–water partition coefficient (Wildman–Crippen LogP) is 4.73. The third-order valence-corrected chi connectivity index (χ3v) is 18.0. The van der Waals surface area contributed by atoms with E-state index in [1.165, 1.54) is 26.3 Å². The molecule has 0 bridgehead atoms. The Bertz CT molecular complexity index is 1350. The Morgan fingerprint density at radius 3 is 1.19 bits per heavy atom. The van der Waals surface area contributed by atoms with E-state index in [2.05, 4.69) is 172 Å². The van der Waals surface area contributed by atoms with Crippen LogP contribution in [0, 0.1) is 0 Å². The first-order chi connectivity index (χ1) is 20.5. The zero-order valence-electron chi connectivity index (χ0n) is 25.7. The van der Waals surface area contributed by atoms with E-state index in [9.17, 15) is 0 Å². The van der Waals surface area contributed by atoms with Crippen LogP contribution in [0.5, 0.6) is 0 Å². The highest BCUT2D eigenvalue weighted by Crippen LogP contribution is 2.56. The summed E-state index contributed by atoms with van der Waals surface area (Å²) in [5, 5.41) is 7.10. The highest BCUT2D eigenvalue weighted by molar-refractivity contribution is 7.95. The standard InChI is InChI=1S/C39H44OPSi.BrH/c1-39(2,3)42(37-28-16-7-17-29-37,38-30-18-8-19-31-38)40-32-20-9-21-33-41(34-22-10-4-11-23-34,35-24-12-5-13-25-35)36-26-14-6-15-27-36;/h4-8,10-19,22-31H,9,20-21,32-33H2,1-3H3;1H/q+1;/p-1. The number of hydrogen-bond acceptors (Lipinski definition) is 1. The fraction of sp³-hybridized carbons (Fsp3) is 0.231. The minimum absolute atomic E-state index is 0.